The van der Waals surface area contributed by atoms with Gasteiger partial charge >= 0.3 is 12.1 Å². The molecular weight excluding hydrogens is 624 g/mol. The van der Waals surface area contributed by atoms with Gasteiger partial charge in [-0.25, -0.2) is 9.59 Å². The lowest BCUT2D eigenvalue weighted by atomic mass is 9.92. The van der Waals surface area contributed by atoms with Crippen molar-refractivity contribution < 1.29 is 33.8 Å². The second-order valence-corrected chi connectivity index (χ2v) is 14.1. The number of hydrogen-bond acceptors (Lipinski definition) is 6. The van der Waals surface area contributed by atoms with Crippen molar-refractivity contribution in [2.45, 2.75) is 96.8 Å². The van der Waals surface area contributed by atoms with Crippen LogP contribution >= 0.6 is 0 Å². The Labute approximate surface area is 290 Å². The summed E-state index contributed by atoms with van der Waals surface area (Å²) >= 11 is 0. The number of nitrogens with one attached hydrogen (secondary N) is 1. The van der Waals surface area contributed by atoms with Gasteiger partial charge in [-0.05, 0) is 60.8 Å². The van der Waals surface area contributed by atoms with Crippen molar-refractivity contribution in [2.24, 2.45) is 11.8 Å². The van der Waals surface area contributed by atoms with E-state index < -0.39 is 53.4 Å². The molecule has 0 aromatic heterocycles. The van der Waals surface area contributed by atoms with Crippen molar-refractivity contribution in [2.75, 3.05) is 27.2 Å². The first-order chi connectivity index (χ1) is 23.2. The molecule has 0 bridgehead atoms. The van der Waals surface area contributed by atoms with E-state index in [0.29, 0.717) is 32.2 Å². The lowest BCUT2D eigenvalue weighted by Gasteiger charge is -2.40. The zero-order chi connectivity index (χ0) is 36.2. The van der Waals surface area contributed by atoms with Gasteiger partial charge in [0.05, 0.1) is 0 Å². The average molecular weight is 677 g/mol. The van der Waals surface area contributed by atoms with Crippen molar-refractivity contribution in [3.63, 3.8) is 0 Å². The van der Waals surface area contributed by atoms with Gasteiger partial charge in [-0.1, -0.05) is 89.1 Å². The van der Waals surface area contributed by atoms with Crippen molar-refractivity contribution in [1.29, 1.82) is 0 Å². The molecule has 0 spiro atoms. The topological polar surface area (TPSA) is 137 Å². The molecule has 266 valence electrons. The molecule has 2 N–H and O–H groups in total. The van der Waals surface area contributed by atoms with Crippen LogP contribution in [0.15, 0.2) is 48.5 Å². The van der Waals surface area contributed by atoms with Gasteiger partial charge in [0.15, 0.2) is 0 Å². The second-order valence-electron chi connectivity index (χ2n) is 14.1. The second kappa shape index (κ2) is 15.4. The predicted molar refractivity (Wildman–Crippen MR) is 187 cm³/mol. The summed E-state index contributed by atoms with van der Waals surface area (Å²) in [5.41, 5.74) is 2.98. The fourth-order valence-electron chi connectivity index (χ4n) is 7.27. The van der Waals surface area contributed by atoms with Gasteiger partial charge in [0, 0.05) is 26.6 Å². The third-order valence-electron chi connectivity index (χ3n) is 10.5. The highest BCUT2D eigenvalue weighted by Crippen LogP contribution is 2.44. The van der Waals surface area contributed by atoms with Crippen LogP contribution in [0.1, 0.15) is 84.3 Å². The molecule has 11 heteroatoms. The highest BCUT2D eigenvalue weighted by atomic mass is 16.6. The van der Waals surface area contributed by atoms with Crippen LogP contribution in [0.25, 0.3) is 11.1 Å². The molecular formula is C38H52N4O7. The third-order valence-corrected chi connectivity index (χ3v) is 10.5. The molecule has 1 heterocycles. The summed E-state index contributed by atoms with van der Waals surface area (Å²) in [5, 5.41) is 12.4. The summed E-state index contributed by atoms with van der Waals surface area (Å²) in [6.45, 7) is 11.1. The Kier molecular flexibility index (Phi) is 11.8. The number of nitrogens with zero attached hydrogens (tertiary/aromatic N) is 3. The van der Waals surface area contributed by atoms with E-state index >= 15 is 0 Å². The molecule has 49 heavy (non-hydrogen) atoms. The van der Waals surface area contributed by atoms with E-state index in [9.17, 15) is 29.1 Å². The van der Waals surface area contributed by atoms with Gasteiger partial charge < -0.3 is 25.0 Å². The average Bonchev–Trinajstić information content (AvgIpc) is 3.70. The number of ether oxygens (including phenoxy) is 1. The van der Waals surface area contributed by atoms with Gasteiger partial charge in [0.25, 0.3) is 0 Å². The molecule has 0 unspecified atom stereocenters. The fourth-order valence-corrected chi connectivity index (χ4v) is 7.27. The molecule has 0 saturated carbocycles. The summed E-state index contributed by atoms with van der Waals surface area (Å²) < 4.78 is 5.90. The van der Waals surface area contributed by atoms with Crippen LogP contribution in [0.2, 0.25) is 0 Å². The van der Waals surface area contributed by atoms with E-state index in [0.717, 1.165) is 22.3 Å². The third kappa shape index (κ3) is 7.60. The summed E-state index contributed by atoms with van der Waals surface area (Å²) in [6, 6.07) is 13.3. The Morgan fingerprint density at radius 3 is 1.96 bits per heavy atom. The Balaban J connectivity index is 1.51. The molecule has 2 aromatic carbocycles. The zero-order valence-electron chi connectivity index (χ0n) is 30.1. The summed E-state index contributed by atoms with van der Waals surface area (Å²) in [7, 11) is 3.10. The molecule has 1 saturated heterocycles. The molecule has 5 atom stereocenters. The van der Waals surface area contributed by atoms with Gasteiger partial charge in [-0.2, -0.15) is 0 Å². The zero-order valence-corrected chi connectivity index (χ0v) is 30.1. The number of likely N-dealkylation sites (tertiary alicyclic amines) is 1. The molecule has 1 fully saturated rings. The largest absolute Gasteiger partial charge is 0.480 e. The van der Waals surface area contributed by atoms with E-state index in [1.165, 1.54) is 14.7 Å². The standard InChI is InChI=1S/C38H52N4O7/c1-9-23(3)31(33(43)39-38(5,6)36(47)42-21-15-20-30(42)35(45)46)40(7)34(44)32(24(4)10-2)41(8)37(48)49-22-29-27-18-13-11-16-25(27)26-17-12-14-19-28(26)29/h11-14,16-19,23-24,29-32H,9-10,15,20-22H2,1-8H3,(H,39,43)(H,45,46)/t23-,24-,30-,31-,32-/m0/s1. The maximum atomic E-state index is 14.3. The number of benzene rings is 2. The monoisotopic (exact) mass is 676 g/mol. The molecule has 1 aliphatic heterocycles. The number of likely N-dealkylation sites (N-methyl/N-ethyl adjacent to an activating group) is 2. The Hall–Kier alpha value is -4.41. The number of rotatable bonds is 13. The minimum Gasteiger partial charge on any atom is -0.480 e. The lowest BCUT2D eigenvalue weighted by Crippen LogP contribution is -2.63. The maximum Gasteiger partial charge on any atom is 0.410 e. The van der Waals surface area contributed by atoms with E-state index in [1.807, 2.05) is 64.1 Å². The number of aliphatic carboxylic acids is 1. The predicted octanol–water partition coefficient (Wildman–Crippen LogP) is 5.13. The number of carboxylic acid groups (broad SMARTS) is 1. The van der Waals surface area contributed by atoms with Gasteiger partial charge in [-0.15, -0.1) is 0 Å². The van der Waals surface area contributed by atoms with E-state index in [1.54, 1.807) is 27.9 Å². The number of carbonyl (C=O) groups excluding carboxylic acids is 4. The summed E-state index contributed by atoms with van der Waals surface area (Å²) in [4.78, 5) is 71.2. The molecule has 4 amide bonds. The summed E-state index contributed by atoms with van der Waals surface area (Å²) in [6.07, 6.45) is 1.43. The number of hydrogen-bond donors (Lipinski definition) is 2. The molecule has 0 radical (unpaired) electrons. The molecule has 4 rings (SSSR count). The number of fused-ring (bicyclic) bond motifs is 3. The van der Waals surface area contributed by atoms with Crippen LogP contribution < -0.4 is 5.32 Å². The Bertz CT molecular complexity index is 1510. The van der Waals surface area contributed by atoms with Crippen molar-refractivity contribution in [3.8, 4) is 11.1 Å². The quantitative estimate of drug-likeness (QED) is 0.300. The molecule has 2 aliphatic rings. The normalized spacial score (nSPS) is 18.0. The van der Waals surface area contributed by atoms with E-state index in [-0.39, 0.29) is 24.4 Å². The first-order valence-corrected chi connectivity index (χ1v) is 17.4. The van der Waals surface area contributed by atoms with Crippen LogP contribution in [-0.2, 0) is 23.9 Å². The Morgan fingerprint density at radius 2 is 1.43 bits per heavy atom. The van der Waals surface area contributed by atoms with Crippen molar-refractivity contribution >= 4 is 29.8 Å². The summed E-state index contributed by atoms with van der Waals surface area (Å²) in [5.74, 6) is -3.21. The lowest BCUT2D eigenvalue weighted by molar-refractivity contribution is -0.152. The van der Waals surface area contributed by atoms with Crippen molar-refractivity contribution in [1.82, 2.24) is 20.0 Å². The first kappa shape index (κ1) is 37.4. The van der Waals surface area contributed by atoms with E-state index in [4.69, 9.17) is 4.74 Å². The molecule has 2 aromatic rings. The number of carbonyl (C=O) groups is 5. The van der Waals surface area contributed by atoms with Crippen molar-refractivity contribution in [3.05, 3.63) is 59.7 Å². The minimum absolute atomic E-state index is 0.106. The first-order valence-electron chi connectivity index (χ1n) is 17.4. The molecule has 1 aliphatic carbocycles. The Morgan fingerprint density at radius 1 is 0.898 bits per heavy atom. The van der Waals surface area contributed by atoms with Crippen LogP contribution in [0.3, 0.4) is 0 Å². The van der Waals surface area contributed by atoms with Gasteiger partial charge in [0.1, 0.15) is 30.3 Å². The number of carboxylic acids is 1. The highest BCUT2D eigenvalue weighted by Gasteiger charge is 2.45. The molecule has 11 nitrogen and oxygen atoms in total. The minimum atomic E-state index is -1.42. The maximum absolute atomic E-state index is 14.3. The van der Waals surface area contributed by atoms with Gasteiger partial charge in [-0.3, -0.25) is 19.3 Å². The number of amides is 4. The van der Waals surface area contributed by atoms with Crippen LogP contribution in [-0.4, -0.2) is 101 Å². The highest BCUT2D eigenvalue weighted by molar-refractivity contribution is 5.96. The van der Waals surface area contributed by atoms with E-state index in [2.05, 4.69) is 17.4 Å². The van der Waals surface area contributed by atoms with Crippen LogP contribution in [0.4, 0.5) is 4.79 Å². The van der Waals surface area contributed by atoms with Gasteiger partial charge in [0.2, 0.25) is 17.7 Å². The smallest absolute Gasteiger partial charge is 0.410 e. The fraction of sp³-hybridized carbons (Fsp3) is 0.553. The van der Waals surface area contributed by atoms with Crippen LogP contribution in [0, 0.1) is 11.8 Å². The SMILES string of the molecule is CC[C@H](C)[C@@H](C(=O)N(C)[C@H](C(=O)NC(C)(C)C(=O)N1CCC[C@H]1C(=O)O)[C@@H](C)CC)N(C)C(=O)OCC1c2ccccc2-c2ccccc21. The van der Waals surface area contributed by atoms with Crippen LogP contribution in [0.5, 0.6) is 0 Å².